The minimum Gasteiger partial charge on any atom is -0.435 e. The molecule has 100 valence electrons. The van der Waals surface area contributed by atoms with Crippen molar-refractivity contribution in [1.82, 2.24) is 0 Å². The third-order valence-electron chi connectivity index (χ3n) is 3.94. The molecule has 0 saturated heterocycles. The summed E-state index contributed by atoms with van der Waals surface area (Å²) in [5, 5.41) is 1.20. The van der Waals surface area contributed by atoms with Crippen molar-refractivity contribution in [3.05, 3.63) is 66.7 Å². The van der Waals surface area contributed by atoms with Crippen molar-refractivity contribution in [3.63, 3.8) is 0 Å². The molecule has 0 saturated carbocycles. The first-order chi connectivity index (χ1) is 10.4. The van der Waals surface area contributed by atoms with Crippen LogP contribution in [0.1, 0.15) is 0 Å². The predicted molar refractivity (Wildman–Crippen MR) is 85.1 cm³/mol. The van der Waals surface area contributed by atoms with Crippen LogP contribution in [0.15, 0.2) is 66.7 Å². The van der Waals surface area contributed by atoms with Gasteiger partial charge in [0, 0.05) is 22.3 Å². The number of hydrogen-bond donors (Lipinski definition) is 0. The van der Waals surface area contributed by atoms with Gasteiger partial charge >= 0.3 is 8.38 Å². The average molecular weight is 290 g/mol. The number of para-hydroxylation sites is 2. The van der Waals surface area contributed by atoms with Gasteiger partial charge in [0.25, 0.3) is 0 Å². The summed E-state index contributed by atoms with van der Waals surface area (Å²) in [5.41, 5.74) is 4.76. The van der Waals surface area contributed by atoms with Crippen molar-refractivity contribution in [3.8, 4) is 33.8 Å². The summed E-state index contributed by atoms with van der Waals surface area (Å²) >= 11 is 0. The molecule has 21 heavy (non-hydrogen) atoms. The Morgan fingerprint density at radius 3 is 1.57 bits per heavy atom. The number of hydrogen-bond acceptors (Lipinski definition) is 2. The van der Waals surface area contributed by atoms with Gasteiger partial charge in [-0.2, -0.15) is 0 Å². The third kappa shape index (κ3) is 1.51. The molecular formula is C18H11O2P. The quantitative estimate of drug-likeness (QED) is 0.557. The normalized spacial score (nSPS) is 14.3. The largest absolute Gasteiger partial charge is 0.435 e. The number of fused-ring (bicyclic) bond motifs is 4. The fourth-order valence-corrected chi connectivity index (χ4v) is 4.68. The van der Waals surface area contributed by atoms with Crippen LogP contribution in [0.2, 0.25) is 0 Å². The molecule has 0 unspecified atom stereocenters. The van der Waals surface area contributed by atoms with Crippen LogP contribution < -0.4 is 14.4 Å². The van der Waals surface area contributed by atoms with Gasteiger partial charge in [0.2, 0.25) is 0 Å². The van der Waals surface area contributed by atoms with Crippen LogP contribution in [0.25, 0.3) is 22.3 Å². The Morgan fingerprint density at radius 2 is 1.00 bits per heavy atom. The van der Waals surface area contributed by atoms with Crippen LogP contribution in [-0.4, -0.2) is 0 Å². The van der Waals surface area contributed by atoms with E-state index in [-0.39, 0.29) is 0 Å². The van der Waals surface area contributed by atoms with Crippen LogP contribution in [-0.2, 0) is 0 Å². The van der Waals surface area contributed by atoms with E-state index in [9.17, 15) is 0 Å². The zero-order valence-electron chi connectivity index (χ0n) is 11.1. The smallest absolute Gasteiger partial charge is 0.327 e. The van der Waals surface area contributed by atoms with Crippen LogP contribution in [0.5, 0.6) is 11.5 Å². The molecule has 3 aromatic rings. The second-order valence-electron chi connectivity index (χ2n) is 5.13. The van der Waals surface area contributed by atoms with Crippen LogP contribution in [0.3, 0.4) is 0 Å². The summed E-state index contributed by atoms with van der Waals surface area (Å²) in [5.74, 6) is 1.82. The molecule has 2 aliphatic rings. The molecule has 0 radical (unpaired) electrons. The van der Waals surface area contributed by atoms with E-state index in [4.69, 9.17) is 9.05 Å². The van der Waals surface area contributed by atoms with Crippen molar-refractivity contribution in [2.75, 3.05) is 0 Å². The Hall–Kier alpha value is -2.31. The molecule has 0 amide bonds. The van der Waals surface area contributed by atoms with Gasteiger partial charge in [0.05, 0.1) is 5.30 Å². The first kappa shape index (κ1) is 11.4. The van der Waals surface area contributed by atoms with Gasteiger partial charge in [-0.15, -0.1) is 0 Å². The molecule has 3 aromatic carbocycles. The summed E-state index contributed by atoms with van der Waals surface area (Å²) < 4.78 is 12.3. The van der Waals surface area contributed by atoms with Crippen LogP contribution in [0.4, 0.5) is 0 Å². The lowest BCUT2D eigenvalue weighted by Crippen LogP contribution is -2.22. The van der Waals surface area contributed by atoms with Gasteiger partial charge in [-0.05, 0) is 12.1 Å². The highest BCUT2D eigenvalue weighted by Crippen LogP contribution is 2.55. The monoisotopic (exact) mass is 290 g/mol. The fourth-order valence-electron chi connectivity index (χ4n) is 3.00. The SMILES string of the molecule is c1ccc2c(c1)OP1Oc3ccccc3-c3cccc-2c31. The molecule has 0 N–H and O–H groups in total. The molecule has 0 aliphatic carbocycles. The van der Waals surface area contributed by atoms with Crippen molar-refractivity contribution < 1.29 is 9.05 Å². The van der Waals surface area contributed by atoms with Gasteiger partial charge in [0.15, 0.2) is 0 Å². The average Bonchev–Trinajstić information content (AvgIpc) is 2.55. The zero-order valence-corrected chi connectivity index (χ0v) is 12.0. The molecule has 0 spiro atoms. The molecular weight excluding hydrogens is 279 g/mol. The van der Waals surface area contributed by atoms with Crippen molar-refractivity contribution in [2.45, 2.75) is 0 Å². The summed E-state index contributed by atoms with van der Waals surface area (Å²) in [6.07, 6.45) is 0. The topological polar surface area (TPSA) is 18.5 Å². The molecule has 0 aromatic heterocycles. The Labute approximate surface area is 123 Å². The lowest BCUT2D eigenvalue weighted by Gasteiger charge is -2.32. The predicted octanol–water partition coefficient (Wildman–Crippen LogP) is 4.74. The van der Waals surface area contributed by atoms with Gasteiger partial charge in [-0.3, -0.25) is 0 Å². The maximum atomic E-state index is 6.14. The van der Waals surface area contributed by atoms with E-state index in [2.05, 4.69) is 30.3 Å². The van der Waals surface area contributed by atoms with Gasteiger partial charge in [-0.1, -0.05) is 54.6 Å². The maximum Gasteiger partial charge on any atom is 0.327 e. The first-order valence-corrected chi connectivity index (χ1v) is 8.07. The van der Waals surface area contributed by atoms with E-state index < -0.39 is 8.38 Å². The molecule has 0 fully saturated rings. The number of rotatable bonds is 0. The van der Waals surface area contributed by atoms with E-state index in [1.807, 2.05) is 36.4 Å². The summed E-state index contributed by atoms with van der Waals surface area (Å²) in [4.78, 5) is 0. The summed E-state index contributed by atoms with van der Waals surface area (Å²) in [7, 11) is -1.09. The molecule has 2 heterocycles. The van der Waals surface area contributed by atoms with E-state index in [0.29, 0.717) is 0 Å². The minimum atomic E-state index is -1.09. The first-order valence-electron chi connectivity index (χ1n) is 6.90. The van der Waals surface area contributed by atoms with Crippen molar-refractivity contribution >= 4 is 13.7 Å². The lowest BCUT2D eigenvalue weighted by atomic mass is 9.97. The van der Waals surface area contributed by atoms with Gasteiger partial charge < -0.3 is 9.05 Å². The molecule has 0 atom stereocenters. The van der Waals surface area contributed by atoms with Gasteiger partial charge in [-0.25, -0.2) is 0 Å². The van der Waals surface area contributed by atoms with E-state index in [0.717, 1.165) is 22.6 Å². The van der Waals surface area contributed by atoms with E-state index >= 15 is 0 Å². The molecule has 2 aliphatic heterocycles. The second kappa shape index (κ2) is 4.09. The van der Waals surface area contributed by atoms with Gasteiger partial charge in [0.1, 0.15) is 11.5 Å². The highest BCUT2D eigenvalue weighted by Gasteiger charge is 2.36. The van der Waals surface area contributed by atoms with E-state index in [1.54, 1.807) is 0 Å². The Balaban J connectivity index is 1.86. The molecule has 3 heteroatoms. The standard InChI is InChI=1S/C18H11O2P/c1-3-10-16-12(6-1)14-8-5-9-15-13-7-2-4-11-17(13)20-21(19-16)18(14)15/h1-11H. The minimum absolute atomic E-state index is 0.910. The summed E-state index contributed by atoms with van der Waals surface area (Å²) in [6.45, 7) is 0. The Bertz CT molecular complexity index is 805. The van der Waals surface area contributed by atoms with E-state index in [1.165, 1.54) is 16.4 Å². The van der Waals surface area contributed by atoms with Crippen molar-refractivity contribution in [1.29, 1.82) is 0 Å². The number of benzene rings is 3. The molecule has 0 bridgehead atoms. The van der Waals surface area contributed by atoms with Crippen LogP contribution >= 0.6 is 8.38 Å². The lowest BCUT2D eigenvalue weighted by molar-refractivity contribution is 0.499. The fraction of sp³-hybridized carbons (Fsp3) is 0. The zero-order chi connectivity index (χ0) is 13.8. The highest BCUT2D eigenvalue weighted by molar-refractivity contribution is 7.57. The summed E-state index contributed by atoms with van der Waals surface area (Å²) in [6, 6.07) is 22.8. The molecule has 2 nitrogen and oxygen atoms in total. The van der Waals surface area contributed by atoms with Crippen LogP contribution in [0, 0.1) is 0 Å². The Kier molecular flexibility index (Phi) is 2.22. The maximum absolute atomic E-state index is 6.14. The molecule has 5 rings (SSSR count). The highest BCUT2D eigenvalue weighted by atomic mass is 31.2. The van der Waals surface area contributed by atoms with Crippen molar-refractivity contribution in [2.24, 2.45) is 0 Å². The second-order valence-corrected chi connectivity index (χ2v) is 6.46. The third-order valence-corrected chi connectivity index (χ3v) is 5.51. The Morgan fingerprint density at radius 1 is 0.524 bits per heavy atom.